The molecule has 24 heavy (non-hydrogen) atoms. The Bertz CT molecular complexity index is 961. The van der Waals surface area contributed by atoms with Crippen LogP contribution in [0, 0.1) is 19.3 Å². The van der Waals surface area contributed by atoms with E-state index in [-0.39, 0.29) is 17.7 Å². The van der Waals surface area contributed by atoms with Gasteiger partial charge in [0.25, 0.3) is 0 Å². The van der Waals surface area contributed by atoms with Crippen LogP contribution in [-0.4, -0.2) is 26.3 Å². The van der Waals surface area contributed by atoms with Crippen molar-refractivity contribution in [2.24, 2.45) is 0 Å². The Hall–Kier alpha value is -2.78. The fourth-order valence-electron chi connectivity index (χ4n) is 2.68. The van der Waals surface area contributed by atoms with Crippen LogP contribution in [0.5, 0.6) is 5.88 Å². The highest BCUT2D eigenvalue weighted by Crippen LogP contribution is 2.37. The molecule has 2 aromatic heterocycles. The first-order valence-corrected chi connectivity index (χ1v) is 7.57. The smallest absolute Gasteiger partial charge is 0.224 e. The normalized spacial score (nSPS) is 10.8. The monoisotopic (exact) mass is 344 g/mol. The van der Waals surface area contributed by atoms with E-state index in [4.69, 9.17) is 18.0 Å². The fraction of sp³-hybridized carbons (Fsp3) is 0.176. The van der Waals surface area contributed by atoms with Gasteiger partial charge in [0.2, 0.25) is 11.2 Å². The molecular formula is C17H14ClFN4O. The lowest BCUT2D eigenvalue weighted by Gasteiger charge is -2.09. The van der Waals surface area contributed by atoms with Crippen LogP contribution >= 0.6 is 11.6 Å². The van der Waals surface area contributed by atoms with Crippen molar-refractivity contribution >= 4 is 33.9 Å². The first-order chi connectivity index (χ1) is 11.6. The zero-order valence-electron chi connectivity index (χ0n) is 12.8. The van der Waals surface area contributed by atoms with Crippen LogP contribution in [0.2, 0.25) is 5.28 Å². The Morgan fingerprint density at radius 2 is 2.25 bits per heavy atom. The Kier molecular flexibility index (Phi) is 4.28. The third kappa shape index (κ3) is 2.63. The maximum Gasteiger partial charge on any atom is 0.224 e. The first kappa shape index (κ1) is 16.1. The number of terminal acetylenes is 1. The molecule has 0 atom stereocenters. The van der Waals surface area contributed by atoms with Crippen LogP contribution in [-0.2, 0) is 6.54 Å². The van der Waals surface area contributed by atoms with Gasteiger partial charge in [0.1, 0.15) is 6.67 Å². The van der Waals surface area contributed by atoms with E-state index < -0.39 is 6.67 Å². The van der Waals surface area contributed by atoms with Gasteiger partial charge in [-0.2, -0.15) is 4.98 Å². The Morgan fingerprint density at radius 3 is 2.96 bits per heavy atom. The summed E-state index contributed by atoms with van der Waals surface area (Å²) in [6.45, 7) is 1.34. The zero-order valence-corrected chi connectivity index (χ0v) is 13.6. The second-order valence-electron chi connectivity index (χ2n) is 5.15. The van der Waals surface area contributed by atoms with Crippen molar-refractivity contribution in [3.05, 3.63) is 40.9 Å². The second kappa shape index (κ2) is 6.38. The van der Waals surface area contributed by atoms with Crippen LogP contribution in [0.4, 0.5) is 15.9 Å². The van der Waals surface area contributed by atoms with Gasteiger partial charge in [-0.05, 0) is 24.6 Å². The van der Waals surface area contributed by atoms with Crippen LogP contribution in [0.1, 0.15) is 11.3 Å². The number of alkyl halides is 1. The Labute approximate surface area is 143 Å². The van der Waals surface area contributed by atoms with E-state index in [0.29, 0.717) is 22.5 Å². The highest BCUT2D eigenvalue weighted by atomic mass is 35.5. The third-order valence-electron chi connectivity index (χ3n) is 3.81. The molecule has 5 nitrogen and oxygen atoms in total. The average molecular weight is 345 g/mol. The third-order valence-corrected chi connectivity index (χ3v) is 4.00. The number of nitrogens with zero attached hydrogens (tertiary/aromatic N) is 3. The van der Waals surface area contributed by atoms with Crippen molar-refractivity contribution in [3.8, 4) is 18.2 Å². The Balaban J connectivity index is 2.16. The molecule has 0 unspecified atom stereocenters. The molecule has 0 saturated carbocycles. The fourth-order valence-corrected chi connectivity index (χ4v) is 2.82. The number of halogens is 2. The molecule has 0 fully saturated rings. The topological polar surface area (TPSA) is 63.0 Å². The molecule has 0 spiro atoms. The number of rotatable bonds is 4. The Morgan fingerprint density at radius 1 is 1.46 bits per heavy atom. The first-order valence-electron chi connectivity index (χ1n) is 7.19. The summed E-state index contributed by atoms with van der Waals surface area (Å²) in [6, 6.07) is 5.46. The van der Waals surface area contributed by atoms with E-state index in [9.17, 15) is 9.50 Å². The van der Waals surface area contributed by atoms with Crippen molar-refractivity contribution < 1.29 is 9.50 Å². The van der Waals surface area contributed by atoms with Gasteiger partial charge in [-0.3, -0.25) is 0 Å². The molecule has 122 valence electrons. The summed E-state index contributed by atoms with van der Waals surface area (Å²) >= 11 is 5.83. The minimum absolute atomic E-state index is 0.00865. The quantitative estimate of drug-likeness (QED) is 0.558. The maximum absolute atomic E-state index is 12.8. The maximum atomic E-state index is 12.8. The number of anilines is 2. The SMILES string of the molecule is C#Cc1cnc(Cl)nc1Nc1cccc2c(C)n(CCF)c(O)c12. The van der Waals surface area contributed by atoms with Gasteiger partial charge in [-0.15, -0.1) is 6.42 Å². The zero-order chi connectivity index (χ0) is 17.3. The van der Waals surface area contributed by atoms with Crippen LogP contribution in [0.15, 0.2) is 24.4 Å². The molecule has 7 heteroatoms. The van der Waals surface area contributed by atoms with E-state index in [2.05, 4.69) is 21.2 Å². The number of aryl methyl sites for hydroxylation is 1. The van der Waals surface area contributed by atoms with Crippen LogP contribution in [0.25, 0.3) is 10.8 Å². The summed E-state index contributed by atoms with van der Waals surface area (Å²) in [6.07, 6.45) is 6.90. The molecule has 0 aliphatic rings. The van der Waals surface area contributed by atoms with Gasteiger partial charge >= 0.3 is 0 Å². The van der Waals surface area contributed by atoms with Gasteiger partial charge in [-0.25, -0.2) is 9.37 Å². The summed E-state index contributed by atoms with van der Waals surface area (Å²) in [4.78, 5) is 7.94. The molecule has 1 aromatic carbocycles. The van der Waals surface area contributed by atoms with E-state index in [0.717, 1.165) is 11.1 Å². The number of benzene rings is 1. The highest BCUT2D eigenvalue weighted by molar-refractivity contribution is 6.28. The molecule has 0 aliphatic carbocycles. The molecule has 0 radical (unpaired) electrons. The van der Waals surface area contributed by atoms with E-state index in [1.54, 1.807) is 6.07 Å². The average Bonchev–Trinajstić information content (AvgIpc) is 2.81. The number of hydrogen-bond donors (Lipinski definition) is 2. The number of aromatic hydroxyl groups is 1. The van der Waals surface area contributed by atoms with E-state index in [1.165, 1.54) is 10.8 Å². The van der Waals surface area contributed by atoms with Gasteiger partial charge in [0.05, 0.1) is 23.2 Å². The van der Waals surface area contributed by atoms with Gasteiger partial charge in [-0.1, -0.05) is 18.1 Å². The summed E-state index contributed by atoms with van der Waals surface area (Å²) in [5, 5.41) is 15.0. The lowest BCUT2D eigenvalue weighted by Crippen LogP contribution is -2.00. The number of nitrogens with one attached hydrogen (secondary N) is 1. The predicted molar refractivity (Wildman–Crippen MR) is 92.6 cm³/mol. The molecule has 0 amide bonds. The standard InChI is InChI=1S/C17H14ClFN4O/c1-3-11-9-20-17(18)22-15(11)21-13-6-4-5-12-10(2)23(8-7-19)16(24)14(12)13/h1,4-6,9,24H,7-8H2,2H3,(H,20,21,22). The van der Waals surface area contributed by atoms with Crippen LogP contribution < -0.4 is 5.32 Å². The molecule has 3 aromatic rings. The predicted octanol–water partition coefficient (Wildman–Crippen LogP) is 3.79. The summed E-state index contributed by atoms with van der Waals surface area (Å²) in [5.41, 5.74) is 1.81. The highest BCUT2D eigenvalue weighted by Gasteiger charge is 2.17. The van der Waals surface area contributed by atoms with Crippen LogP contribution in [0.3, 0.4) is 0 Å². The van der Waals surface area contributed by atoms with Crippen molar-refractivity contribution in [3.63, 3.8) is 0 Å². The molecular weight excluding hydrogens is 331 g/mol. The number of fused-ring (bicyclic) bond motifs is 1. The second-order valence-corrected chi connectivity index (χ2v) is 5.49. The summed E-state index contributed by atoms with van der Waals surface area (Å²) in [7, 11) is 0. The lowest BCUT2D eigenvalue weighted by molar-refractivity contribution is 0.383. The molecule has 3 rings (SSSR count). The molecule has 2 heterocycles. The number of hydrogen-bond acceptors (Lipinski definition) is 4. The van der Waals surface area contributed by atoms with E-state index >= 15 is 0 Å². The van der Waals surface area contributed by atoms with Crippen molar-refractivity contribution in [2.45, 2.75) is 13.5 Å². The molecule has 0 saturated heterocycles. The summed E-state index contributed by atoms with van der Waals surface area (Å²) < 4.78 is 14.3. The minimum atomic E-state index is -0.569. The van der Waals surface area contributed by atoms with Crippen molar-refractivity contribution in [1.29, 1.82) is 0 Å². The van der Waals surface area contributed by atoms with Crippen molar-refractivity contribution in [1.82, 2.24) is 14.5 Å². The lowest BCUT2D eigenvalue weighted by atomic mass is 10.1. The number of aromatic nitrogens is 3. The van der Waals surface area contributed by atoms with Gasteiger partial charge in [0, 0.05) is 17.3 Å². The van der Waals surface area contributed by atoms with Gasteiger partial charge in [0.15, 0.2) is 5.82 Å². The summed E-state index contributed by atoms with van der Waals surface area (Å²) in [5.74, 6) is 2.83. The minimum Gasteiger partial charge on any atom is -0.494 e. The molecule has 0 bridgehead atoms. The van der Waals surface area contributed by atoms with E-state index in [1.807, 2.05) is 19.1 Å². The van der Waals surface area contributed by atoms with Crippen molar-refractivity contribution in [2.75, 3.05) is 12.0 Å². The molecule has 0 aliphatic heterocycles. The largest absolute Gasteiger partial charge is 0.494 e. The molecule has 2 N–H and O–H groups in total. The van der Waals surface area contributed by atoms with Gasteiger partial charge < -0.3 is 15.0 Å².